The zero-order valence-corrected chi connectivity index (χ0v) is 11.7. The Kier molecular flexibility index (Phi) is 4.32. The topological polar surface area (TPSA) is 88.1 Å². The maximum absolute atomic E-state index is 12.4. The van der Waals surface area contributed by atoms with Crippen LogP contribution in [0.2, 0.25) is 0 Å². The number of imide groups is 2. The van der Waals surface area contributed by atoms with Crippen LogP contribution in [0.1, 0.15) is 6.92 Å². The summed E-state index contributed by atoms with van der Waals surface area (Å²) in [6.07, 6.45) is 1.26. The number of hydrogen-bond acceptors (Lipinski definition) is 5. The van der Waals surface area contributed by atoms with Crippen molar-refractivity contribution in [3.8, 4) is 5.75 Å². The molecule has 1 unspecified atom stereocenters. The molecule has 1 N–H and O–H groups in total. The van der Waals surface area contributed by atoms with Gasteiger partial charge in [0.2, 0.25) is 5.91 Å². The normalized spacial score (nSPS) is 19.0. The Morgan fingerprint density at radius 1 is 1.33 bits per heavy atom. The SMILES string of the molecule is CCN=CC1C(=O)NC(=O)N(c2ccccc2OC)C1=O. The summed E-state index contributed by atoms with van der Waals surface area (Å²) in [5, 5.41) is 2.15. The number of nitrogens with zero attached hydrogens (tertiary/aromatic N) is 2. The second kappa shape index (κ2) is 6.17. The molecule has 4 amide bonds. The monoisotopic (exact) mass is 289 g/mol. The lowest BCUT2D eigenvalue weighted by molar-refractivity contribution is -0.131. The van der Waals surface area contributed by atoms with E-state index in [1.165, 1.54) is 13.3 Å². The van der Waals surface area contributed by atoms with E-state index in [4.69, 9.17) is 4.74 Å². The van der Waals surface area contributed by atoms with Crippen molar-refractivity contribution in [1.29, 1.82) is 0 Å². The maximum Gasteiger partial charge on any atom is 0.335 e. The minimum Gasteiger partial charge on any atom is -0.495 e. The Hall–Kier alpha value is -2.70. The van der Waals surface area contributed by atoms with Crippen molar-refractivity contribution in [2.24, 2.45) is 10.9 Å². The zero-order chi connectivity index (χ0) is 15.4. The average molecular weight is 289 g/mol. The molecular formula is C14H15N3O4. The molecule has 7 heteroatoms. The quantitative estimate of drug-likeness (QED) is 0.661. The molecule has 21 heavy (non-hydrogen) atoms. The molecule has 1 atom stereocenters. The summed E-state index contributed by atoms with van der Waals surface area (Å²) in [6.45, 7) is 2.23. The maximum atomic E-state index is 12.4. The number of nitrogens with one attached hydrogen (secondary N) is 1. The third-order valence-corrected chi connectivity index (χ3v) is 2.97. The number of methoxy groups -OCH3 is 1. The largest absolute Gasteiger partial charge is 0.495 e. The minimum absolute atomic E-state index is 0.282. The second-order valence-corrected chi connectivity index (χ2v) is 4.27. The number of amides is 4. The van der Waals surface area contributed by atoms with Gasteiger partial charge in [0.05, 0.1) is 12.8 Å². The van der Waals surface area contributed by atoms with Crippen molar-refractivity contribution in [2.45, 2.75) is 6.92 Å². The highest BCUT2D eigenvalue weighted by atomic mass is 16.5. The summed E-state index contributed by atoms with van der Waals surface area (Å²) in [6, 6.07) is 5.79. The van der Waals surface area contributed by atoms with E-state index in [1.54, 1.807) is 31.2 Å². The molecule has 0 bridgehead atoms. The lowest BCUT2D eigenvalue weighted by atomic mass is 10.1. The molecule has 2 rings (SSSR count). The van der Waals surface area contributed by atoms with E-state index in [-0.39, 0.29) is 5.69 Å². The zero-order valence-electron chi connectivity index (χ0n) is 11.7. The smallest absolute Gasteiger partial charge is 0.335 e. The van der Waals surface area contributed by atoms with Crippen molar-refractivity contribution in [1.82, 2.24) is 5.32 Å². The van der Waals surface area contributed by atoms with Gasteiger partial charge in [-0.25, -0.2) is 9.69 Å². The van der Waals surface area contributed by atoms with E-state index in [9.17, 15) is 14.4 Å². The summed E-state index contributed by atoms with van der Waals surface area (Å²) in [7, 11) is 1.44. The summed E-state index contributed by atoms with van der Waals surface area (Å²) >= 11 is 0. The van der Waals surface area contributed by atoms with Crippen LogP contribution in [0.4, 0.5) is 10.5 Å². The Morgan fingerprint density at radius 2 is 2.05 bits per heavy atom. The van der Waals surface area contributed by atoms with Gasteiger partial charge in [0.25, 0.3) is 5.91 Å². The predicted octanol–water partition coefficient (Wildman–Crippen LogP) is 0.985. The summed E-state index contributed by atoms with van der Waals surface area (Å²) in [5.74, 6) is -2.08. The number of urea groups is 1. The number of barbiturate groups is 1. The first-order valence-corrected chi connectivity index (χ1v) is 6.42. The first kappa shape index (κ1) is 14.7. The predicted molar refractivity (Wildman–Crippen MR) is 76.5 cm³/mol. The Bertz CT molecular complexity index is 612. The lowest BCUT2D eigenvalue weighted by Gasteiger charge is -2.29. The van der Waals surface area contributed by atoms with Gasteiger partial charge in [0.1, 0.15) is 5.75 Å². The fourth-order valence-corrected chi connectivity index (χ4v) is 1.98. The number of carbonyl (C=O) groups excluding carboxylic acids is 3. The molecule has 1 heterocycles. The van der Waals surface area contributed by atoms with Gasteiger partial charge in [-0.2, -0.15) is 0 Å². The van der Waals surface area contributed by atoms with Gasteiger partial charge < -0.3 is 4.74 Å². The average Bonchev–Trinajstić information content (AvgIpc) is 2.47. The standard InChI is InChI=1S/C14H15N3O4/c1-3-15-8-9-12(18)16-14(20)17(13(9)19)10-6-4-5-7-11(10)21-2/h4-9H,3H2,1-2H3,(H,16,18,20). The molecule has 1 aliphatic rings. The van der Waals surface area contributed by atoms with Crippen molar-refractivity contribution in [3.63, 3.8) is 0 Å². The number of anilines is 1. The third kappa shape index (κ3) is 2.76. The number of hydrogen-bond donors (Lipinski definition) is 1. The van der Waals surface area contributed by atoms with Crippen LogP contribution in [0, 0.1) is 5.92 Å². The lowest BCUT2D eigenvalue weighted by Crippen LogP contribution is -2.58. The molecular weight excluding hydrogens is 274 g/mol. The van der Waals surface area contributed by atoms with Gasteiger partial charge >= 0.3 is 6.03 Å². The highest BCUT2D eigenvalue weighted by Crippen LogP contribution is 2.30. The Labute approximate surface area is 121 Å². The number of ether oxygens (including phenoxy) is 1. The van der Waals surface area contributed by atoms with Gasteiger partial charge in [0.15, 0.2) is 5.92 Å². The van der Waals surface area contributed by atoms with E-state index < -0.39 is 23.8 Å². The van der Waals surface area contributed by atoms with Crippen LogP contribution in [0.3, 0.4) is 0 Å². The van der Waals surface area contributed by atoms with E-state index >= 15 is 0 Å². The number of rotatable bonds is 4. The summed E-state index contributed by atoms with van der Waals surface area (Å²) in [5.41, 5.74) is 0.282. The van der Waals surface area contributed by atoms with Crippen LogP contribution >= 0.6 is 0 Å². The van der Waals surface area contributed by atoms with E-state index in [1.807, 2.05) is 0 Å². The molecule has 1 aromatic carbocycles. The second-order valence-electron chi connectivity index (χ2n) is 4.27. The Balaban J connectivity index is 2.42. The molecule has 0 aliphatic carbocycles. The van der Waals surface area contributed by atoms with E-state index in [2.05, 4.69) is 10.3 Å². The first-order chi connectivity index (χ1) is 10.1. The first-order valence-electron chi connectivity index (χ1n) is 6.42. The van der Waals surface area contributed by atoms with E-state index in [0.717, 1.165) is 4.90 Å². The van der Waals surface area contributed by atoms with Crippen LogP contribution in [0.5, 0.6) is 5.75 Å². The van der Waals surface area contributed by atoms with Gasteiger partial charge in [0, 0.05) is 12.8 Å². The highest BCUT2D eigenvalue weighted by Gasteiger charge is 2.41. The van der Waals surface area contributed by atoms with Crippen LogP contribution in [0.15, 0.2) is 29.3 Å². The fourth-order valence-electron chi connectivity index (χ4n) is 1.98. The molecule has 7 nitrogen and oxygen atoms in total. The molecule has 0 aromatic heterocycles. The molecule has 0 radical (unpaired) electrons. The fraction of sp³-hybridized carbons (Fsp3) is 0.286. The van der Waals surface area contributed by atoms with E-state index in [0.29, 0.717) is 12.3 Å². The van der Waals surface area contributed by atoms with Crippen LogP contribution < -0.4 is 15.0 Å². The molecule has 1 aliphatic heterocycles. The molecule has 0 saturated carbocycles. The van der Waals surface area contributed by atoms with Crippen LogP contribution in [0.25, 0.3) is 0 Å². The molecule has 1 fully saturated rings. The van der Waals surface area contributed by atoms with Gasteiger partial charge in [-0.3, -0.25) is 19.9 Å². The molecule has 110 valence electrons. The minimum atomic E-state index is -1.12. The number of para-hydroxylation sites is 2. The summed E-state index contributed by atoms with van der Waals surface area (Å²) in [4.78, 5) is 41.0. The number of carbonyl (C=O) groups is 3. The van der Waals surface area contributed by atoms with Crippen LogP contribution in [-0.4, -0.2) is 37.7 Å². The van der Waals surface area contributed by atoms with Crippen molar-refractivity contribution < 1.29 is 19.1 Å². The van der Waals surface area contributed by atoms with Gasteiger partial charge in [-0.15, -0.1) is 0 Å². The number of aliphatic imine (C=N–C) groups is 1. The molecule has 1 aromatic rings. The van der Waals surface area contributed by atoms with Crippen LogP contribution in [-0.2, 0) is 9.59 Å². The molecule has 1 saturated heterocycles. The van der Waals surface area contributed by atoms with Gasteiger partial charge in [-0.1, -0.05) is 12.1 Å². The third-order valence-electron chi connectivity index (χ3n) is 2.97. The van der Waals surface area contributed by atoms with Crippen molar-refractivity contribution in [2.75, 3.05) is 18.6 Å². The van der Waals surface area contributed by atoms with Gasteiger partial charge in [-0.05, 0) is 19.1 Å². The number of benzene rings is 1. The highest BCUT2D eigenvalue weighted by molar-refractivity contribution is 6.32. The Morgan fingerprint density at radius 3 is 2.71 bits per heavy atom. The van der Waals surface area contributed by atoms with Crippen molar-refractivity contribution >= 4 is 29.7 Å². The van der Waals surface area contributed by atoms with Crippen molar-refractivity contribution in [3.05, 3.63) is 24.3 Å². The molecule has 0 spiro atoms. The summed E-state index contributed by atoms with van der Waals surface area (Å²) < 4.78 is 5.15.